The monoisotopic (exact) mass is 941 g/mol. The zero-order chi connectivity index (χ0) is 46.7. The Morgan fingerprint density at radius 2 is 1.03 bits per heavy atom. The van der Waals surface area contributed by atoms with Gasteiger partial charge in [-0.1, -0.05) is 163 Å². The van der Waals surface area contributed by atoms with E-state index in [1.165, 1.54) is 10.0 Å². The summed E-state index contributed by atoms with van der Waals surface area (Å²) < 4.78 is 18.7. The van der Waals surface area contributed by atoms with Crippen molar-refractivity contribution in [3.63, 3.8) is 0 Å². The number of ether oxygens (including phenoxy) is 3. The van der Waals surface area contributed by atoms with Crippen molar-refractivity contribution in [3.8, 4) is 17.6 Å². The maximum atomic E-state index is 14.7. The van der Waals surface area contributed by atoms with E-state index in [-0.39, 0.29) is 75.5 Å². The Morgan fingerprint density at radius 1 is 0.641 bits per heavy atom. The lowest BCUT2D eigenvalue weighted by molar-refractivity contribution is -0.149. The number of nitriles is 1. The largest absolute Gasteiger partial charge is 0.459 e. The summed E-state index contributed by atoms with van der Waals surface area (Å²) >= 11 is 4.30. The van der Waals surface area contributed by atoms with Crippen molar-refractivity contribution in [1.29, 1.82) is 5.26 Å². The molecule has 15 heteroatoms. The second-order valence-corrected chi connectivity index (χ2v) is 23.7. The third-order valence-electron chi connectivity index (χ3n) is 10.0. The fraction of sp³-hybridized carbons (Fsp3) is 0.429. The second-order valence-electron chi connectivity index (χ2n) is 19.1. The van der Waals surface area contributed by atoms with Gasteiger partial charge < -0.3 is 14.2 Å². The van der Waals surface area contributed by atoms with Gasteiger partial charge in [0, 0.05) is 12.8 Å². The van der Waals surface area contributed by atoms with Gasteiger partial charge in [0.15, 0.2) is 17.1 Å². The molecule has 0 aromatic heterocycles. The van der Waals surface area contributed by atoms with Crippen LogP contribution in [0.2, 0.25) is 0 Å². The molecule has 1 fully saturated rings. The zero-order valence-electron chi connectivity index (χ0n) is 38.0. The summed E-state index contributed by atoms with van der Waals surface area (Å²) in [6.45, 7) is 20.3. The highest BCUT2D eigenvalue weighted by atomic mass is 32.2. The number of nitrogens with zero attached hydrogens (tertiary/aromatic N) is 3. The van der Waals surface area contributed by atoms with E-state index in [2.05, 4.69) is 41.5 Å². The number of carbonyl (C=O) groups excluding carboxylic acids is 5. The van der Waals surface area contributed by atoms with E-state index in [9.17, 15) is 29.2 Å². The van der Waals surface area contributed by atoms with Crippen molar-refractivity contribution < 1.29 is 38.2 Å². The predicted molar refractivity (Wildman–Crippen MR) is 252 cm³/mol. The topological polar surface area (TPSA) is 143 Å². The number of esters is 3. The molecule has 3 aromatic carbocycles. The Morgan fingerprint density at radius 3 is 1.39 bits per heavy atom. The van der Waals surface area contributed by atoms with Crippen LogP contribution in [0.1, 0.15) is 106 Å². The molecule has 3 aromatic rings. The van der Waals surface area contributed by atoms with Gasteiger partial charge in [-0.15, -0.1) is 0 Å². The summed E-state index contributed by atoms with van der Waals surface area (Å²) in [6, 6.07) is 20.8. The van der Waals surface area contributed by atoms with Crippen LogP contribution in [0.3, 0.4) is 0 Å². The molecular weight excluding hydrogens is 887 g/mol. The molecule has 64 heavy (non-hydrogen) atoms. The van der Waals surface area contributed by atoms with Gasteiger partial charge in [-0.3, -0.25) is 19.2 Å². The van der Waals surface area contributed by atoms with Crippen LogP contribution in [-0.4, -0.2) is 45.8 Å². The second kappa shape index (κ2) is 20.3. The summed E-state index contributed by atoms with van der Waals surface area (Å²) in [6.07, 6.45) is 1.21. The van der Waals surface area contributed by atoms with Gasteiger partial charge in [0.2, 0.25) is 0 Å². The average molecular weight is 942 g/mol. The van der Waals surface area contributed by atoms with E-state index in [1.807, 2.05) is 80.6 Å². The fourth-order valence-corrected chi connectivity index (χ4v) is 13.3. The van der Waals surface area contributed by atoms with E-state index >= 15 is 0 Å². The lowest BCUT2D eigenvalue weighted by Gasteiger charge is -2.27. The van der Waals surface area contributed by atoms with E-state index in [4.69, 9.17) is 14.2 Å². The van der Waals surface area contributed by atoms with Crippen molar-refractivity contribution in [3.05, 3.63) is 91.4 Å². The third-order valence-corrected chi connectivity index (χ3v) is 15.2. The van der Waals surface area contributed by atoms with Crippen molar-refractivity contribution in [1.82, 2.24) is 10.0 Å². The highest BCUT2D eigenvalue weighted by Gasteiger charge is 2.47. The van der Waals surface area contributed by atoms with Crippen LogP contribution in [0.5, 0.6) is 11.5 Å². The van der Waals surface area contributed by atoms with Crippen LogP contribution in [-0.2, 0) is 41.8 Å². The molecule has 3 aliphatic heterocycles. The minimum absolute atomic E-state index is 0.0305. The van der Waals surface area contributed by atoms with Crippen LogP contribution < -0.4 is 9.47 Å². The molecule has 0 radical (unpaired) electrons. The summed E-state index contributed by atoms with van der Waals surface area (Å²) in [7, 11) is 0. The summed E-state index contributed by atoms with van der Waals surface area (Å²) in [4.78, 5) is 72.0. The molecule has 2 amide bonds. The SMILES string of the molecule is CC(CC(=O)Oc1c2c(c(OC(=O)CC(C)CC(C)(C)C)c3c1SC(=C1C(=O)N(Cc4ccccc4)N(Cc4ccccc4)C1=O)S3)SC(=C(C#N)C(=O)OC(C)C)S2)CC(C)(C)C. The van der Waals surface area contributed by atoms with Crippen LogP contribution in [0.15, 0.2) is 99.9 Å². The molecule has 0 spiro atoms. The first-order chi connectivity index (χ1) is 30.1. The van der Waals surface area contributed by atoms with E-state index < -0.39 is 35.8 Å². The van der Waals surface area contributed by atoms with Gasteiger partial charge in [-0.05, 0) is 60.5 Å². The number of benzene rings is 3. The van der Waals surface area contributed by atoms with Crippen molar-refractivity contribution >= 4 is 76.8 Å². The first-order valence-electron chi connectivity index (χ1n) is 21.3. The molecule has 11 nitrogen and oxygen atoms in total. The van der Waals surface area contributed by atoms with Crippen LogP contribution >= 0.6 is 47.0 Å². The van der Waals surface area contributed by atoms with Gasteiger partial charge in [0.05, 0.1) is 47.2 Å². The molecule has 6 rings (SSSR count). The van der Waals surface area contributed by atoms with E-state index in [0.29, 0.717) is 23.8 Å². The molecule has 338 valence electrons. The molecule has 0 saturated carbocycles. The standard InChI is InChI=1S/C49H55N3O8S4/c1-28(2)58-45(57)33(25-50)46-61-39-37(59-34(53)21-29(3)23-48(5,6)7)41-42(38(40(39)62-46)60-35(54)22-30(4)24-49(8,9)10)64-47(63-41)36-43(55)51(26-31-17-13-11-14-18-31)52(44(36)56)27-32-19-15-12-16-20-32/h11-20,28-30H,21-24,26-27H2,1-10H3. The van der Waals surface area contributed by atoms with Gasteiger partial charge >= 0.3 is 17.9 Å². The first kappa shape index (κ1) is 48.8. The minimum atomic E-state index is -0.814. The maximum Gasteiger partial charge on any atom is 0.350 e. The number of hydrogen-bond donors (Lipinski definition) is 0. The Balaban J connectivity index is 1.50. The van der Waals surface area contributed by atoms with Crippen molar-refractivity contribution in [2.45, 2.75) is 134 Å². The molecule has 3 aliphatic rings. The summed E-state index contributed by atoms with van der Waals surface area (Å²) in [5, 5.41) is 13.2. The normalized spacial score (nSPS) is 15.9. The van der Waals surface area contributed by atoms with Crippen molar-refractivity contribution in [2.75, 3.05) is 0 Å². The van der Waals surface area contributed by atoms with E-state index in [0.717, 1.165) is 71.0 Å². The fourth-order valence-electron chi connectivity index (χ4n) is 7.92. The Labute approximate surface area is 393 Å². The molecule has 0 N–H and O–H groups in total. The van der Waals surface area contributed by atoms with Crippen LogP contribution in [0.4, 0.5) is 0 Å². The number of hydrazine groups is 1. The van der Waals surface area contributed by atoms with Crippen LogP contribution in [0.25, 0.3) is 0 Å². The number of fused-ring (bicyclic) bond motifs is 2. The quantitative estimate of drug-likeness (QED) is 0.0498. The number of carbonyl (C=O) groups is 5. The predicted octanol–water partition coefficient (Wildman–Crippen LogP) is 11.7. The molecular formula is C49H55N3O8S4. The lowest BCUT2D eigenvalue weighted by Crippen LogP contribution is -2.39. The highest BCUT2D eigenvalue weighted by molar-refractivity contribution is 8.26. The van der Waals surface area contributed by atoms with Gasteiger partial charge in [-0.25, -0.2) is 14.8 Å². The minimum Gasteiger partial charge on any atom is -0.459 e. The molecule has 2 unspecified atom stereocenters. The summed E-state index contributed by atoms with van der Waals surface area (Å²) in [5.74, 6) is -2.62. The first-order valence-corrected chi connectivity index (χ1v) is 24.6. The Kier molecular flexibility index (Phi) is 15.5. The smallest absolute Gasteiger partial charge is 0.350 e. The Hall–Kier alpha value is -4.62. The van der Waals surface area contributed by atoms with Crippen molar-refractivity contribution in [2.24, 2.45) is 22.7 Å². The van der Waals surface area contributed by atoms with E-state index in [1.54, 1.807) is 13.8 Å². The number of amides is 2. The summed E-state index contributed by atoms with van der Waals surface area (Å²) in [5.41, 5.74) is 1.27. The average Bonchev–Trinajstić information content (AvgIpc) is 3.87. The van der Waals surface area contributed by atoms with Crippen LogP contribution in [0, 0.1) is 34.0 Å². The number of hydrogen-bond acceptors (Lipinski definition) is 13. The highest BCUT2D eigenvalue weighted by Crippen LogP contribution is 2.69. The lowest BCUT2D eigenvalue weighted by atomic mass is 9.84. The molecule has 0 aliphatic carbocycles. The van der Waals surface area contributed by atoms with Gasteiger partial charge in [0.1, 0.15) is 11.6 Å². The Bertz CT molecular complexity index is 2290. The molecule has 2 atom stereocenters. The van der Waals surface area contributed by atoms with Gasteiger partial charge in [-0.2, -0.15) is 5.26 Å². The zero-order valence-corrected chi connectivity index (χ0v) is 41.3. The molecule has 0 bridgehead atoms. The molecule has 1 saturated heterocycles. The number of rotatable bonds is 14. The third kappa shape index (κ3) is 12.0. The maximum absolute atomic E-state index is 14.7. The number of thioether (sulfide) groups is 4. The van der Waals surface area contributed by atoms with Gasteiger partial charge in [0.25, 0.3) is 11.8 Å². The molecule has 3 heterocycles.